The van der Waals surface area contributed by atoms with Crippen molar-refractivity contribution in [2.45, 2.75) is 25.9 Å². The lowest BCUT2D eigenvalue weighted by Crippen LogP contribution is -2.26. The topological polar surface area (TPSA) is 80.5 Å². The van der Waals surface area contributed by atoms with Crippen molar-refractivity contribution in [2.75, 3.05) is 26.0 Å². The van der Waals surface area contributed by atoms with E-state index in [0.29, 0.717) is 12.5 Å². The summed E-state index contributed by atoms with van der Waals surface area (Å²) >= 11 is 0. The second-order valence-electron chi connectivity index (χ2n) is 7.78. The highest BCUT2D eigenvalue weighted by Gasteiger charge is 2.25. The van der Waals surface area contributed by atoms with Gasteiger partial charge in [0.15, 0.2) is 11.5 Å². The molecule has 0 aliphatic heterocycles. The number of nitrogens with zero attached hydrogens (tertiary/aromatic N) is 6. The van der Waals surface area contributed by atoms with Gasteiger partial charge in [0.2, 0.25) is 5.95 Å². The summed E-state index contributed by atoms with van der Waals surface area (Å²) < 4.78 is 7.29. The van der Waals surface area contributed by atoms with Crippen LogP contribution in [0.3, 0.4) is 0 Å². The Balaban J connectivity index is 1.52. The number of ether oxygens (including phenoxy) is 1. The van der Waals surface area contributed by atoms with Crippen molar-refractivity contribution >= 4 is 22.5 Å². The standard InChI is InChI=1S/C22H25N7O/c1-23-22-26-20-17(6-3-7-18(20)30-2)21-25-19(27-29(21)22)14-28(12-15-8-9-15)13-16-5-4-10-24-11-16/h3-7,10-11,15H,8-9,12-14H2,1-2H3,(H,23,26). The van der Waals surface area contributed by atoms with E-state index in [4.69, 9.17) is 19.8 Å². The van der Waals surface area contributed by atoms with Crippen LogP contribution < -0.4 is 10.1 Å². The van der Waals surface area contributed by atoms with Crippen LogP contribution in [0.5, 0.6) is 5.75 Å². The molecule has 0 radical (unpaired) electrons. The SMILES string of the molecule is CNc1nc2c(OC)cccc2c2nc(CN(Cc3cccnc3)CC3CC3)nn12. The minimum atomic E-state index is 0.641. The largest absolute Gasteiger partial charge is 0.494 e. The maximum Gasteiger partial charge on any atom is 0.226 e. The molecule has 8 heteroatoms. The molecule has 0 spiro atoms. The highest BCUT2D eigenvalue weighted by atomic mass is 16.5. The molecule has 0 saturated heterocycles. The fraction of sp³-hybridized carbons (Fsp3) is 0.364. The summed E-state index contributed by atoms with van der Waals surface area (Å²) in [5, 5.41) is 8.84. The number of nitrogens with one attached hydrogen (secondary N) is 1. The lowest BCUT2D eigenvalue weighted by molar-refractivity contribution is 0.240. The van der Waals surface area contributed by atoms with Crippen molar-refractivity contribution in [1.82, 2.24) is 29.5 Å². The number of para-hydroxylation sites is 1. The van der Waals surface area contributed by atoms with E-state index in [0.717, 1.165) is 47.1 Å². The molecular formula is C22H25N7O. The van der Waals surface area contributed by atoms with Crippen molar-refractivity contribution in [3.05, 3.63) is 54.1 Å². The van der Waals surface area contributed by atoms with Gasteiger partial charge in [0, 0.05) is 37.9 Å². The average molecular weight is 403 g/mol. The molecule has 0 unspecified atom stereocenters. The molecule has 8 nitrogen and oxygen atoms in total. The fourth-order valence-electron chi connectivity index (χ4n) is 3.84. The van der Waals surface area contributed by atoms with Gasteiger partial charge in [-0.1, -0.05) is 12.1 Å². The Hall–Kier alpha value is -3.26. The molecular weight excluding hydrogens is 378 g/mol. The number of anilines is 1. The van der Waals surface area contributed by atoms with E-state index in [1.54, 1.807) is 11.6 Å². The second-order valence-corrected chi connectivity index (χ2v) is 7.78. The van der Waals surface area contributed by atoms with Gasteiger partial charge in [-0.25, -0.2) is 9.97 Å². The summed E-state index contributed by atoms with van der Waals surface area (Å²) in [7, 11) is 3.50. The van der Waals surface area contributed by atoms with Gasteiger partial charge in [0.1, 0.15) is 11.3 Å². The maximum absolute atomic E-state index is 5.50. The van der Waals surface area contributed by atoms with Crippen LogP contribution >= 0.6 is 0 Å². The quantitative estimate of drug-likeness (QED) is 0.484. The Morgan fingerprint density at radius 3 is 2.80 bits per heavy atom. The molecule has 1 aliphatic carbocycles. The van der Waals surface area contributed by atoms with E-state index < -0.39 is 0 Å². The van der Waals surface area contributed by atoms with Gasteiger partial charge in [-0.05, 0) is 42.5 Å². The predicted molar refractivity (Wildman–Crippen MR) is 115 cm³/mol. The number of aromatic nitrogens is 5. The monoisotopic (exact) mass is 403 g/mol. The Bertz CT molecular complexity index is 1170. The summed E-state index contributed by atoms with van der Waals surface area (Å²) in [6.45, 7) is 2.57. The molecule has 1 aliphatic rings. The zero-order valence-electron chi connectivity index (χ0n) is 17.2. The van der Waals surface area contributed by atoms with Gasteiger partial charge in [-0.3, -0.25) is 9.88 Å². The lowest BCUT2D eigenvalue weighted by Gasteiger charge is -2.20. The van der Waals surface area contributed by atoms with Crippen molar-refractivity contribution in [1.29, 1.82) is 0 Å². The minimum Gasteiger partial charge on any atom is -0.494 e. The van der Waals surface area contributed by atoms with E-state index in [9.17, 15) is 0 Å². The third-order valence-corrected chi connectivity index (χ3v) is 5.46. The minimum absolute atomic E-state index is 0.641. The van der Waals surface area contributed by atoms with Crippen LogP contribution in [0.15, 0.2) is 42.7 Å². The Kier molecular flexibility index (Phi) is 4.92. The molecule has 3 heterocycles. The summed E-state index contributed by atoms with van der Waals surface area (Å²) in [6.07, 6.45) is 6.35. The predicted octanol–water partition coefficient (Wildman–Crippen LogP) is 3.14. The highest BCUT2D eigenvalue weighted by Crippen LogP contribution is 2.31. The summed E-state index contributed by atoms with van der Waals surface area (Å²) in [6, 6.07) is 9.98. The van der Waals surface area contributed by atoms with Crippen LogP contribution in [0.25, 0.3) is 16.6 Å². The molecule has 5 rings (SSSR count). The fourth-order valence-corrected chi connectivity index (χ4v) is 3.84. The van der Waals surface area contributed by atoms with Gasteiger partial charge in [-0.15, -0.1) is 5.10 Å². The number of methoxy groups -OCH3 is 1. The first-order valence-electron chi connectivity index (χ1n) is 10.3. The van der Waals surface area contributed by atoms with Gasteiger partial charge < -0.3 is 10.1 Å². The van der Waals surface area contributed by atoms with Crippen molar-refractivity contribution < 1.29 is 4.74 Å². The number of benzene rings is 1. The van der Waals surface area contributed by atoms with E-state index in [-0.39, 0.29) is 0 Å². The third-order valence-electron chi connectivity index (χ3n) is 5.46. The summed E-state index contributed by atoms with van der Waals surface area (Å²) in [5.41, 5.74) is 2.77. The third kappa shape index (κ3) is 3.66. The van der Waals surface area contributed by atoms with Gasteiger partial charge in [0.25, 0.3) is 0 Å². The summed E-state index contributed by atoms with van der Waals surface area (Å²) in [4.78, 5) is 16.3. The Morgan fingerprint density at radius 1 is 1.17 bits per heavy atom. The van der Waals surface area contributed by atoms with Crippen LogP contribution in [-0.4, -0.2) is 50.2 Å². The molecule has 4 aromatic rings. The van der Waals surface area contributed by atoms with Gasteiger partial charge in [-0.2, -0.15) is 4.52 Å². The molecule has 3 aromatic heterocycles. The van der Waals surface area contributed by atoms with Gasteiger partial charge in [0.05, 0.1) is 13.7 Å². The zero-order chi connectivity index (χ0) is 20.5. The van der Waals surface area contributed by atoms with Crippen molar-refractivity contribution in [3.63, 3.8) is 0 Å². The normalized spacial score (nSPS) is 14.0. The lowest BCUT2D eigenvalue weighted by atomic mass is 10.2. The summed E-state index contributed by atoms with van der Waals surface area (Å²) in [5.74, 6) is 2.93. The molecule has 1 fully saturated rings. The van der Waals surface area contributed by atoms with E-state index in [2.05, 4.69) is 21.3 Å². The second kappa shape index (κ2) is 7.87. The smallest absolute Gasteiger partial charge is 0.226 e. The molecule has 1 aromatic carbocycles. The Morgan fingerprint density at radius 2 is 2.07 bits per heavy atom. The average Bonchev–Trinajstić information content (AvgIpc) is 3.49. The number of hydrogen-bond acceptors (Lipinski definition) is 7. The molecule has 30 heavy (non-hydrogen) atoms. The number of pyridine rings is 1. The van der Waals surface area contributed by atoms with Gasteiger partial charge >= 0.3 is 0 Å². The molecule has 1 N–H and O–H groups in total. The Labute approximate surface area is 174 Å². The van der Waals surface area contributed by atoms with Crippen LogP contribution in [-0.2, 0) is 13.1 Å². The molecule has 0 bridgehead atoms. The van der Waals surface area contributed by atoms with Crippen molar-refractivity contribution in [3.8, 4) is 5.75 Å². The zero-order valence-corrected chi connectivity index (χ0v) is 17.2. The van der Waals surface area contributed by atoms with Crippen LogP contribution in [0.2, 0.25) is 0 Å². The molecule has 154 valence electrons. The van der Waals surface area contributed by atoms with E-state index in [1.807, 2.05) is 43.7 Å². The van der Waals surface area contributed by atoms with E-state index >= 15 is 0 Å². The number of hydrogen-bond donors (Lipinski definition) is 1. The molecule has 0 atom stereocenters. The van der Waals surface area contributed by atoms with Crippen molar-refractivity contribution in [2.24, 2.45) is 5.92 Å². The van der Waals surface area contributed by atoms with Crippen LogP contribution in [0, 0.1) is 5.92 Å². The van der Waals surface area contributed by atoms with E-state index in [1.165, 1.54) is 18.4 Å². The first-order chi connectivity index (χ1) is 14.7. The first kappa shape index (κ1) is 18.7. The number of fused-ring (bicyclic) bond motifs is 3. The molecule has 1 saturated carbocycles. The van der Waals surface area contributed by atoms with Crippen LogP contribution in [0.1, 0.15) is 24.2 Å². The highest BCUT2D eigenvalue weighted by molar-refractivity contribution is 5.95. The molecule has 0 amide bonds. The maximum atomic E-state index is 5.50. The first-order valence-corrected chi connectivity index (χ1v) is 10.3. The number of rotatable bonds is 8. The van der Waals surface area contributed by atoms with Crippen LogP contribution in [0.4, 0.5) is 5.95 Å².